The molecule has 0 atom stereocenters. The van der Waals surface area contributed by atoms with Gasteiger partial charge in [0.05, 0.1) is 11.2 Å². The van der Waals surface area contributed by atoms with Crippen LogP contribution in [0.3, 0.4) is 0 Å². The molecule has 148 valence electrons. The van der Waals surface area contributed by atoms with Crippen molar-refractivity contribution in [2.45, 2.75) is 45.3 Å². The van der Waals surface area contributed by atoms with Gasteiger partial charge in [-0.15, -0.1) is 13.2 Å². The van der Waals surface area contributed by atoms with E-state index < -0.39 is 42.0 Å². The van der Waals surface area contributed by atoms with Crippen molar-refractivity contribution in [2.75, 3.05) is 6.54 Å². The van der Waals surface area contributed by atoms with Crippen molar-refractivity contribution < 1.29 is 37.1 Å². The van der Waals surface area contributed by atoms with E-state index in [2.05, 4.69) is 4.74 Å². The number of ether oxygens (including phenoxy) is 1. The standard InChI is InChI=1S/C17H21BF3NO5/c1-15(2)16(3,4)27-18(26-15)11(9-22)7-10-5-6-12(14(23)24)13(8-10)25-17(19,20)21/h5-8H,9,22H2,1-4H3,(H,23,24). The van der Waals surface area contributed by atoms with E-state index >= 15 is 0 Å². The summed E-state index contributed by atoms with van der Waals surface area (Å²) >= 11 is 0. The summed E-state index contributed by atoms with van der Waals surface area (Å²) in [5.74, 6) is -2.34. The minimum absolute atomic E-state index is 0.0347. The molecule has 6 nitrogen and oxygen atoms in total. The molecule has 27 heavy (non-hydrogen) atoms. The molecule has 0 bridgehead atoms. The fourth-order valence-electron chi connectivity index (χ4n) is 2.45. The highest BCUT2D eigenvalue weighted by Crippen LogP contribution is 2.39. The highest BCUT2D eigenvalue weighted by molar-refractivity contribution is 6.55. The molecule has 0 aliphatic carbocycles. The highest BCUT2D eigenvalue weighted by atomic mass is 19.4. The van der Waals surface area contributed by atoms with Crippen LogP contribution in [-0.4, -0.2) is 42.3 Å². The number of carbonyl (C=O) groups is 1. The Morgan fingerprint density at radius 1 is 1.26 bits per heavy atom. The van der Waals surface area contributed by atoms with E-state index in [-0.39, 0.29) is 12.1 Å². The number of alkyl halides is 3. The smallest absolute Gasteiger partial charge is 0.478 e. The molecule has 1 saturated heterocycles. The van der Waals surface area contributed by atoms with E-state index in [4.69, 9.17) is 20.1 Å². The lowest BCUT2D eigenvalue weighted by molar-refractivity contribution is -0.274. The number of nitrogens with two attached hydrogens (primary N) is 1. The molecule has 0 unspecified atom stereocenters. The first-order valence-corrected chi connectivity index (χ1v) is 8.15. The monoisotopic (exact) mass is 387 g/mol. The molecule has 3 N–H and O–H groups in total. The van der Waals surface area contributed by atoms with Gasteiger partial charge in [-0.25, -0.2) is 4.79 Å². The molecule has 0 aromatic heterocycles. The summed E-state index contributed by atoms with van der Waals surface area (Å²) in [7, 11) is -0.772. The van der Waals surface area contributed by atoms with Crippen LogP contribution in [0.1, 0.15) is 43.6 Å². The maximum absolute atomic E-state index is 12.6. The third kappa shape index (κ3) is 4.82. The Bertz CT molecular complexity index is 745. The second-order valence-electron chi connectivity index (χ2n) is 7.12. The number of hydrogen-bond acceptors (Lipinski definition) is 5. The fourth-order valence-corrected chi connectivity index (χ4v) is 2.45. The zero-order valence-corrected chi connectivity index (χ0v) is 15.4. The zero-order chi connectivity index (χ0) is 20.6. The number of carboxylic acids is 1. The summed E-state index contributed by atoms with van der Waals surface area (Å²) in [6, 6.07) is 3.37. The van der Waals surface area contributed by atoms with Crippen LogP contribution in [0.4, 0.5) is 13.2 Å². The van der Waals surface area contributed by atoms with Crippen LogP contribution < -0.4 is 10.5 Å². The average Bonchev–Trinajstić information content (AvgIpc) is 2.71. The SMILES string of the molecule is CC1(C)OB(C(=Cc2ccc(C(=O)O)c(OC(F)(F)F)c2)CN)OC1(C)C. The maximum atomic E-state index is 12.6. The molecule has 2 rings (SSSR count). The van der Waals surface area contributed by atoms with Crippen LogP contribution in [0.5, 0.6) is 5.75 Å². The summed E-state index contributed by atoms with van der Waals surface area (Å²) in [6.45, 7) is 7.47. The molecule has 1 aliphatic heterocycles. The number of hydrogen-bond donors (Lipinski definition) is 2. The summed E-state index contributed by atoms with van der Waals surface area (Å²) in [5, 5.41) is 9.05. The Hall–Kier alpha value is -2.04. The number of benzene rings is 1. The molecule has 0 spiro atoms. The Kier molecular flexibility index (Phi) is 5.65. The predicted octanol–water partition coefficient (Wildman–Crippen LogP) is 3.26. The van der Waals surface area contributed by atoms with Crippen molar-refractivity contribution in [2.24, 2.45) is 5.73 Å². The Morgan fingerprint density at radius 3 is 2.26 bits per heavy atom. The number of halogens is 3. The first-order chi connectivity index (χ1) is 12.3. The molecule has 1 fully saturated rings. The van der Waals surface area contributed by atoms with E-state index in [0.717, 1.165) is 12.1 Å². The van der Waals surface area contributed by atoms with E-state index in [1.165, 1.54) is 12.1 Å². The summed E-state index contributed by atoms with van der Waals surface area (Å²) in [6.07, 6.45) is -3.52. The van der Waals surface area contributed by atoms with Crippen molar-refractivity contribution in [3.63, 3.8) is 0 Å². The van der Waals surface area contributed by atoms with Crippen LogP contribution in [0, 0.1) is 0 Å². The first kappa shape index (κ1) is 21.3. The molecule has 0 saturated carbocycles. The van der Waals surface area contributed by atoms with Gasteiger partial charge in [0, 0.05) is 6.54 Å². The van der Waals surface area contributed by atoms with Gasteiger partial charge < -0.3 is 24.9 Å². The lowest BCUT2D eigenvalue weighted by Gasteiger charge is -2.32. The minimum Gasteiger partial charge on any atom is -0.478 e. The van der Waals surface area contributed by atoms with Gasteiger partial charge in [0.1, 0.15) is 11.3 Å². The first-order valence-electron chi connectivity index (χ1n) is 8.15. The number of rotatable bonds is 5. The summed E-state index contributed by atoms with van der Waals surface area (Å²) < 4.78 is 53.3. The Labute approximate surface area is 155 Å². The Morgan fingerprint density at radius 2 is 1.81 bits per heavy atom. The van der Waals surface area contributed by atoms with Crippen LogP contribution in [0.15, 0.2) is 23.7 Å². The molecule has 10 heteroatoms. The normalized spacial score (nSPS) is 19.3. The van der Waals surface area contributed by atoms with Crippen molar-refractivity contribution in [1.82, 2.24) is 0 Å². The number of aromatic carboxylic acids is 1. The van der Waals surface area contributed by atoms with Crippen molar-refractivity contribution in [3.8, 4) is 5.75 Å². The van der Waals surface area contributed by atoms with Crippen molar-refractivity contribution in [3.05, 3.63) is 34.8 Å². The van der Waals surface area contributed by atoms with Crippen LogP contribution >= 0.6 is 0 Å². The fraction of sp³-hybridized carbons (Fsp3) is 0.471. The van der Waals surface area contributed by atoms with E-state index in [1.54, 1.807) is 0 Å². The quantitative estimate of drug-likeness (QED) is 0.754. The molecule has 1 heterocycles. The molecular weight excluding hydrogens is 366 g/mol. The third-order valence-electron chi connectivity index (χ3n) is 4.61. The van der Waals surface area contributed by atoms with E-state index in [1.807, 2.05) is 27.7 Å². The lowest BCUT2D eigenvalue weighted by Crippen LogP contribution is -2.41. The summed E-state index contributed by atoms with van der Waals surface area (Å²) in [5.41, 5.74) is 4.71. The molecule has 0 amide bonds. The van der Waals surface area contributed by atoms with Gasteiger partial charge in [-0.2, -0.15) is 0 Å². The molecule has 1 aromatic rings. The van der Waals surface area contributed by atoms with Gasteiger partial charge in [0.15, 0.2) is 0 Å². The lowest BCUT2D eigenvalue weighted by atomic mass is 9.77. The number of carboxylic acid groups (broad SMARTS) is 1. The van der Waals surface area contributed by atoms with Gasteiger partial charge in [0.2, 0.25) is 0 Å². The van der Waals surface area contributed by atoms with Crippen LogP contribution in [0.25, 0.3) is 6.08 Å². The molecule has 1 aromatic carbocycles. The largest absolute Gasteiger partial charge is 0.573 e. The van der Waals surface area contributed by atoms with Gasteiger partial charge in [-0.05, 0) is 50.9 Å². The minimum atomic E-state index is -5.02. The predicted molar refractivity (Wildman–Crippen MR) is 93.2 cm³/mol. The van der Waals surface area contributed by atoms with E-state index in [9.17, 15) is 18.0 Å². The molecule has 1 aliphatic rings. The third-order valence-corrected chi connectivity index (χ3v) is 4.61. The van der Waals surface area contributed by atoms with E-state index in [0.29, 0.717) is 5.47 Å². The van der Waals surface area contributed by atoms with Gasteiger partial charge >= 0.3 is 19.5 Å². The van der Waals surface area contributed by atoms with Crippen molar-refractivity contribution >= 4 is 19.2 Å². The highest BCUT2D eigenvalue weighted by Gasteiger charge is 2.52. The van der Waals surface area contributed by atoms with Gasteiger partial charge in [0.25, 0.3) is 0 Å². The van der Waals surface area contributed by atoms with Gasteiger partial charge in [-0.1, -0.05) is 12.1 Å². The second kappa shape index (κ2) is 7.18. The van der Waals surface area contributed by atoms with Crippen molar-refractivity contribution in [1.29, 1.82) is 0 Å². The van der Waals surface area contributed by atoms with Crippen LogP contribution in [-0.2, 0) is 9.31 Å². The second-order valence-corrected chi connectivity index (χ2v) is 7.12. The average molecular weight is 387 g/mol. The molecule has 0 radical (unpaired) electrons. The topological polar surface area (TPSA) is 91.0 Å². The molecular formula is C17H21BF3NO5. The van der Waals surface area contributed by atoms with Crippen LogP contribution in [0.2, 0.25) is 0 Å². The summed E-state index contributed by atoms with van der Waals surface area (Å²) in [4.78, 5) is 11.1. The Balaban J connectivity index is 2.39. The van der Waals surface area contributed by atoms with Gasteiger partial charge in [-0.3, -0.25) is 0 Å². The zero-order valence-electron chi connectivity index (χ0n) is 15.4. The maximum Gasteiger partial charge on any atom is 0.573 e.